The maximum absolute atomic E-state index is 12.2. The molecule has 3 heterocycles. The Hall–Kier alpha value is -1.33. The van der Waals surface area contributed by atoms with Crippen LogP contribution in [0.3, 0.4) is 0 Å². The van der Waals surface area contributed by atoms with Crippen LogP contribution in [0, 0.1) is 5.41 Å². The first kappa shape index (κ1) is 17.5. The average molecular weight is 351 g/mol. The predicted molar refractivity (Wildman–Crippen MR) is 97.5 cm³/mol. The molecule has 2 fully saturated rings. The van der Waals surface area contributed by atoms with E-state index in [0.29, 0.717) is 12.3 Å². The van der Waals surface area contributed by atoms with Gasteiger partial charge in [-0.15, -0.1) is 0 Å². The number of hydrogen-bond donors (Lipinski definition) is 0. The Balaban J connectivity index is 1.62. The van der Waals surface area contributed by atoms with Crippen molar-refractivity contribution in [2.24, 2.45) is 5.41 Å². The second-order valence-electron chi connectivity index (χ2n) is 7.41. The maximum atomic E-state index is 12.2. The number of carbonyl (C=O) groups is 1. The number of hydrogen-bond acceptors (Lipinski definition) is 4. The lowest BCUT2D eigenvalue weighted by molar-refractivity contribution is -0.138. The van der Waals surface area contributed by atoms with Gasteiger partial charge in [-0.1, -0.05) is 11.6 Å². The minimum Gasteiger partial charge on any atom is -0.355 e. The quantitative estimate of drug-likeness (QED) is 0.836. The molecule has 3 rings (SSSR count). The van der Waals surface area contributed by atoms with Gasteiger partial charge < -0.3 is 14.7 Å². The van der Waals surface area contributed by atoms with Crippen molar-refractivity contribution in [1.29, 1.82) is 0 Å². The highest BCUT2D eigenvalue weighted by Crippen LogP contribution is 2.41. The van der Waals surface area contributed by atoms with Crippen molar-refractivity contribution in [2.75, 3.05) is 51.7 Å². The molecule has 24 heavy (non-hydrogen) atoms. The van der Waals surface area contributed by atoms with Crippen LogP contribution in [0.25, 0.3) is 0 Å². The predicted octanol–water partition coefficient (Wildman–Crippen LogP) is 2.51. The van der Waals surface area contributed by atoms with Crippen LogP contribution in [-0.4, -0.2) is 67.5 Å². The molecule has 1 amide bonds. The Labute approximate surface area is 149 Å². The van der Waals surface area contributed by atoms with E-state index in [4.69, 9.17) is 11.6 Å². The number of likely N-dealkylation sites (tertiary alicyclic amines) is 1. The Kier molecular flexibility index (Phi) is 5.30. The topological polar surface area (TPSA) is 39.7 Å². The Morgan fingerprint density at radius 1 is 1.29 bits per heavy atom. The summed E-state index contributed by atoms with van der Waals surface area (Å²) in [6.07, 6.45) is 5.72. The fourth-order valence-electron chi connectivity index (χ4n) is 3.84. The normalized spacial score (nSPS) is 20.9. The monoisotopic (exact) mass is 350 g/mol. The van der Waals surface area contributed by atoms with Crippen LogP contribution in [0.5, 0.6) is 0 Å². The molecule has 1 spiro atoms. The minimum absolute atomic E-state index is 0.276. The first-order valence-electron chi connectivity index (χ1n) is 8.77. The highest BCUT2D eigenvalue weighted by molar-refractivity contribution is 6.32. The molecule has 0 saturated carbocycles. The van der Waals surface area contributed by atoms with Gasteiger partial charge in [0.15, 0.2) is 0 Å². The highest BCUT2D eigenvalue weighted by Gasteiger charge is 2.41. The molecule has 2 saturated heterocycles. The molecule has 0 aliphatic carbocycles. The summed E-state index contributed by atoms with van der Waals surface area (Å²) >= 11 is 6.29. The molecule has 1 aromatic rings. The Morgan fingerprint density at radius 3 is 2.71 bits per heavy atom. The summed E-state index contributed by atoms with van der Waals surface area (Å²) in [4.78, 5) is 23.2. The summed E-state index contributed by atoms with van der Waals surface area (Å²) in [6.45, 7) is 4.60. The standard InChI is InChI=1S/C18H27ClN4O/c1-21(2)12-13-23-14-18(6-5-16(23)24)7-10-22(11-8-18)17-15(19)4-3-9-20-17/h3-4,9H,5-8,10-14H2,1-2H3. The second kappa shape index (κ2) is 7.28. The van der Waals surface area contributed by atoms with Crippen molar-refractivity contribution in [2.45, 2.75) is 25.7 Å². The van der Waals surface area contributed by atoms with E-state index in [-0.39, 0.29) is 5.41 Å². The molecule has 132 valence electrons. The number of halogens is 1. The van der Waals surface area contributed by atoms with Crippen LogP contribution < -0.4 is 4.90 Å². The number of carbonyl (C=O) groups excluding carboxylic acids is 1. The van der Waals surface area contributed by atoms with E-state index in [2.05, 4.69) is 33.8 Å². The van der Waals surface area contributed by atoms with E-state index in [1.165, 1.54) is 0 Å². The average Bonchev–Trinajstić information content (AvgIpc) is 2.57. The third kappa shape index (κ3) is 3.83. The van der Waals surface area contributed by atoms with Crippen LogP contribution in [0.1, 0.15) is 25.7 Å². The van der Waals surface area contributed by atoms with Crippen molar-refractivity contribution in [3.05, 3.63) is 23.4 Å². The largest absolute Gasteiger partial charge is 0.355 e. The van der Waals surface area contributed by atoms with E-state index in [1.54, 1.807) is 6.20 Å². The zero-order valence-electron chi connectivity index (χ0n) is 14.7. The minimum atomic E-state index is 0.276. The van der Waals surface area contributed by atoms with Gasteiger partial charge >= 0.3 is 0 Å². The van der Waals surface area contributed by atoms with Gasteiger partial charge in [-0.25, -0.2) is 4.98 Å². The molecular weight excluding hydrogens is 324 g/mol. The van der Waals surface area contributed by atoms with E-state index in [0.717, 1.165) is 62.8 Å². The van der Waals surface area contributed by atoms with Crippen molar-refractivity contribution in [3.8, 4) is 0 Å². The van der Waals surface area contributed by atoms with Gasteiger partial charge in [0.25, 0.3) is 0 Å². The maximum Gasteiger partial charge on any atom is 0.222 e. The number of likely N-dealkylation sites (N-methyl/N-ethyl adjacent to an activating group) is 1. The molecule has 0 N–H and O–H groups in total. The van der Waals surface area contributed by atoms with Crippen molar-refractivity contribution >= 4 is 23.3 Å². The van der Waals surface area contributed by atoms with Crippen molar-refractivity contribution in [3.63, 3.8) is 0 Å². The van der Waals surface area contributed by atoms with Crippen LogP contribution >= 0.6 is 11.6 Å². The van der Waals surface area contributed by atoms with Gasteiger partial charge in [0.1, 0.15) is 5.82 Å². The smallest absolute Gasteiger partial charge is 0.222 e. The SMILES string of the molecule is CN(C)CCN1CC2(CCC1=O)CCN(c1ncccc1Cl)CC2. The molecule has 6 heteroatoms. The van der Waals surface area contributed by atoms with Gasteiger partial charge in [-0.3, -0.25) is 4.79 Å². The number of amides is 1. The van der Waals surface area contributed by atoms with Gasteiger partial charge in [0.05, 0.1) is 5.02 Å². The van der Waals surface area contributed by atoms with E-state index in [9.17, 15) is 4.79 Å². The fraction of sp³-hybridized carbons (Fsp3) is 0.667. The van der Waals surface area contributed by atoms with Crippen LogP contribution in [0.15, 0.2) is 18.3 Å². The van der Waals surface area contributed by atoms with E-state index in [1.807, 2.05) is 12.1 Å². The summed E-state index contributed by atoms with van der Waals surface area (Å²) in [6, 6.07) is 3.77. The summed E-state index contributed by atoms with van der Waals surface area (Å²) in [5, 5.41) is 0.722. The Morgan fingerprint density at radius 2 is 2.04 bits per heavy atom. The molecule has 0 unspecified atom stereocenters. The molecule has 2 aliphatic rings. The highest BCUT2D eigenvalue weighted by atomic mass is 35.5. The van der Waals surface area contributed by atoms with Crippen molar-refractivity contribution in [1.82, 2.24) is 14.8 Å². The molecule has 2 aliphatic heterocycles. The number of pyridine rings is 1. The first-order valence-corrected chi connectivity index (χ1v) is 9.15. The number of piperidine rings is 2. The Bertz CT molecular complexity index is 584. The number of aromatic nitrogens is 1. The fourth-order valence-corrected chi connectivity index (χ4v) is 4.08. The number of anilines is 1. The molecule has 5 nitrogen and oxygen atoms in total. The first-order chi connectivity index (χ1) is 11.5. The molecular formula is C18H27ClN4O. The summed E-state index contributed by atoms with van der Waals surface area (Å²) < 4.78 is 0. The lowest BCUT2D eigenvalue weighted by atomic mass is 9.72. The molecule has 1 aromatic heterocycles. The zero-order valence-corrected chi connectivity index (χ0v) is 15.4. The number of rotatable bonds is 4. The third-order valence-electron chi connectivity index (χ3n) is 5.43. The van der Waals surface area contributed by atoms with Gasteiger partial charge in [0, 0.05) is 45.3 Å². The van der Waals surface area contributed by atoms with Gasteiger partial charge in [0.2, 0.25) is 5.91 Å². The lowest BCUT2D eigenvalue weighted by Crippen LogP contribution is -2.52. The summed E-state index contributed by atoms with van der Waals surface area (Å²) in [5.74, 6) is 1.21. The molecule has 0 atom stereocenters. The van der Waals surface area contributed by atoms with E-state index < -0.39 is 0 Å². The van der Waals surface area contributed by atoms with E-state index >= 15 is 0 Å². The molecule has 0 radical (unpaired) electrons. The molecule has 0 bridgehead atoms. The van der Waals surface area contributed by atoms with Crippen molar-refractivity contribution < 1.29 is 4.79 Å². The summed E-state index contributed by atoms with van der Waals surface area (Å²) in [7, 11) is 4.11. The lowest BCUT2D eigenvalue weighted by Gasteiger charge is -2.48. The zero-order chi connectivity index (χ0) is 17.2. The molecule has 0 aromatic carbocycles. The second-order valence-corrected chi connectivity index (χ2v) is 7.82. The van der Waals surface area contributed by atoms with Crippen LogP contribution in [0.2, 0.25) is 5.02 Å². The number of nitrogens with zero attached hydrogens (tertiary/aromatic N) is 4. The van der Waals surface area contributed by atoms with Gasteiger partial charge in [-0.2, -0.15) is 0 Å². The van der Waals surface area contributed by atoms with Crippen LogP contribution in [-0.2, 0) is 4.79 Å². The third-order valence-corrected chi connectivity index (χ3v) is 5.72. The summed E-state index contributed by atoms with van der Waals surface area (Å²) in [5.41, 5.74) is 0.276. The van der Waals surface area contributed by atoms with Gasteiger partial charge in [-0.05, 0) is 50.9 Å². The van der Waals surface area contributed by atoms with Crippen LogP contribution in [0.4, 0.5) is 5.82 Å².